The monoisotopic (exact) mass is 262 g/mol. The maximum Gasteiger partial charge on any atom is 0.0475 e. The van der Waals surface area contributed by atoms with Crippen molar-refractivity contribution in [1.82, 2.24) is 4.90 Å². The molecular formula is C18H18N2. The number of benzene rings is 2. The molecule has 0 aromatic heterocycles. The molecule has 0 saturated heterocycles. The van der Waals surface area contributed by atoms with Crippen LogP contribution in [0.2, 0.25) is 0 Å². The molecule has 0 saturated carbocycles. The Labute approximate surface area is 119 Å². The van der Waals surface area contributed by atoms with Crippen molar-refractivity contribution in [3.8, 4) is 0 Å². The van der Waals surface area contributed by atoms with Crippen molar-refractivity contribution >= 4 is 17.5 Å². The lowest BCUT2D eigenvalue weighted by atomic mass is 10.00. The van der Waals surface area contributed by atoms with Crippen LogP contribution in [0, 0.1) is 6.92 Å². The molecule has 2 heteroatoms. The number of nitrogens with zero attached hydrogens (tertiary/aromatic N) is 1. The second kappa shape index (κ2) is 4.89. The number of rotatable bonds is 2. The van der Waals surface area contributed by atoms with Gasteiger partial charge in [-0.3, -0.25) is 0 Å². The first kappa shape index (κ1) is 12.5. The number of anilines is 1. The van der Waals surface area contributed by atoms with Gasteiger partial charge in [0.25, 0.3) is 0 Å². The highest BCUT2D eigenvalue weighted by Gasteiger charge is 2.15. The van der Waals surface area contributed by atoms with E-state index in [1.807, 2.05) is 18.2 Å². The molecule has 0 fully saturated rings. The molecule has 0 amide bonds. The van der Waals surface area contributed by atoms with Crippen molar-refractivity contribution in [2.75, 3.05) is 5.73 Å². The van der Waals surface area contributed by atoms with Crippen LogP contribution in [-0.2, 0) is 6.54 Å². The molecule has 20 heavy (non-hydrogen) atoms. The van der Waals surface area contributed by atoms with Crippen LogP contribution in [0.3, 0.4) is 0 Å². The highest BCUT2D eigenvalue weighted by atomic mass is 15.1. The first-order valence-electron chi connectivity index (χ1n) is 6.73. The van der Waals surface area contributed by atoms with Crippen LogP contribution in [-0.4, -0.2) is 4.90 Å². The zero-order chi connectivity index (χ0) is 14.1. The topological polar surface area (TPSA) is 29.3 Å². The average Bonchev–Trinajstić information content (AvgIpc) is 2.44. The quantitative estimate of drug-likeness (QED) is 0.828. The summed E-state index contributed by atoms with van der Waals surface area (Å²) in [5.41, 5.74) is 12.5. The normalized spacial score (nSPS) is 13.4. The SMILES string of the molecule is C=C1c2ccc(N)cc2C=CN1Cc1ccc(C)cc1. The summed E-state index contributed by atoms with van der Waals surface area (Å²) in [6, 6.07) is 14.6. The zero-order valence-corrected chi connectivity index (χ0v) is 11.6. The maximum absolute atomic E-state index is 5.82. The van der Waals surface area contributed by atoms with Gasteiger partial charge in [-0.05, 0) is 36.3 Å². The van der Waals surface area contributed by atoms with Gasteiger partial charge >= 0.3 is 0 Å². The standard InChI is InChI=1S/C18H18N2/c1-13-3-5-15(6-4-13)12-20-10-9-16-11-17(19)7-8-18(16)14(20)2/h3-11H,2,12,19H2,1H3. The van der Waals surface area contributed by atoms with E-state index in [0.717, 1.165) is 29.1 Å². The van der Waals surface area contributed by atoms with Gasteiger partial charge < -0.3 is 10.6 Å². The third kappa shape index (κ3) is 2.32. The molecule has 3 rings (SSSR count). The third-order valence-electron chi connectivity index (χ3n) is 3.64. The lowest BCUT2D eigenvalue weighted by Gasteiger charge is -2.28. The number of hydrogen-bond donors (Lipinski definition) is 1. The van der Waals surface area contributed by atoms with Gasteiger partial charge in [-0.1, -0.05) is 42.5 Å². The minimum Gasteiger partial charge on any atom is -0.399 e. The highest BCUT2D eigenvalue weighted by molar-refractivity contribution is 5.78. The molecule has 2 nitrogen and oxygen atoms in total. The number of nitrogen functional groups attached to an aromatic ring is 1. The van der Waals surface area contributed by atoms with Gasteiger partial charge in [0.05, 0.1) is 0 Å². The lowest BCUT2D eigenvalue weighted by Crippen LogP contribution is -2.18. The van der Waals surface area contributed by atoms with E-state index in [1.165, 1.54) is 11.1 Å². The summed E-state index contributed by atoms with van der Waals surface area (Å²) in [7, 11) is 0. The molecule has 2 aromatic carbocycles. The molecule has 0 aliphatic carbocycles. The minimum absolute atomic E-state index is 0.785. The molecule has 1 heterocycles. The molecule has 0 atom stereocenters. The molecule has 2 N–H and O–H groups in total. The summed E-state index contributed by atoms with van der Waals surface area (Å²) in [4.78, 5) is 2.17. The van der Waals surface area contributed by atoms with Gasteiger partial charge in [-0.2, -0.15) is 0 Å². The van der Waals surface area contributed by atoms with E-state index >= 15 is 0 Å². The zero-order valence-electron chi connectivity index (χ0n) is 11.6. The van der Waals surface area contributed by atoms with Crippen LogP contribution >= 0.6 is 0 Å². The lowest BCUT2D eigenvalue weighted by molar-refractivity contribution is 0.527. The van der Waals surface area contributed by atoms with Gasteiger partial charge in [0.15, 0.2) is 0 Å². The van der Waals surface area contributed by atoms with Crippen molar-refractivity contribution < 1.29 is 0 Å². The fourth-order valence-corrected chi connectivity index (χ4v) is 2.44. The van der Waals surface area contributed by atoms with Crippen molar-refractivity contribution in [2.24, 2.45) is 0 Å². The van der Waals surface area contributed by atoms with E-state index in [0.29, 0.717) is 0 Å². The Morgan fingerprint density at radius 2 is 1.85 bits per heavy atom. The summed E-state index contributed by atoms with van der Waals surface area (Å²) in [6.07, 6.45) is 4.17. The predicted octanol–water partition coefficient (Wildman–Crippen LogP) is 4.03. The van der Waals surface area contributed by atoms with E-state index in [9.17, 15) is 0 Å². The van der Waals surface area contributed by atoms with Crippen molar-refractivity contribution in [3.63, 3.8) is 0 Å². The van der Waals surface area contributed by atoms with Crippen molar-refractivity contribution in [1.29, 1.82) is 0 Å². The van der Waals surface area contributed by atoms with Crippen LogP contribution in [0.4, 0.5) is 5.69 Å². The first-order valence-corrected chi connectivity index (χ1v) is 6.73. The molecular weight excluding hydrogens is 244 g/mol. The number of fused-ring (bicyclic) bond motifs is 1. The Morgan fingerprint density at radius 3 is 2.60 bits per heavy atom. The predicted molar refractivity (Wildman–Crippen MR) is 85.6 cm³/mol. The number of hydrogen-bond acceptors (Lipinski definition) is 2. The molecule has 0 unspecified atom stereocenters. The molecule has 100 valence electrons. The largest absolute Gasteiger partial charge is 0.399 e. The fraction of sp³-hybridized carbons (Fsp3) is 0.111. The highest BCUT2D eigenvalue weighted by Crippen LogP contribution is 2.30. The second-order valence-corrected chi connectivity index (χ2v) is 5.22. The van der Waals surface area contributed by atoms with E-state index < -0.39 is 0 Å². The average molecular weight is 262 g/mol. The summed E-state index contributed by atoms with van der Waals surface area (Å²) in [5, 5.41) is 0. The molecule has 2 aromatic rings. The Kier molecular flexibility index (Phi) is 3.07. The minimum atomic E-state index is 0.785. The van der Waals surface area contributed by atoms with Crippen LogP contribution in [0.5, 0.6) is 0 Å². The Balaban J connectivity index is 1.86. The summed E-state index contributed by atoms with van der Waals surface area (Å²) in [5.74, 6) is 0. The summed E-state index contributed by atoms with van der Waals surface area (Å²) >= 11 is 0. The van der Waals surface area contributed by atoms with E-state index in [4.69, 9.17) is 5.73 Å². The molecule has 1 aliphatic rings. The summed E-state index contributed by atoms with van der Waals surface area (Å²) < 4.78 is 0. The molecule has 1 aliphatic heterocycles. The maximum atomic E-state index is 5.82. The Morgan fingerprint density at radius 1 is 1.10 bits per heavy atom. The third-order valence-corrected chi connectivity index (χ3v) is 3.64. The second-order valence-electron chi connectivity index (χ2n) is 5.22. The van der Waals surface area contributed by atoms with Crippen LogP contribution in [0.25, 0.3) is 11.8 Å². The van der Waals surface area contributed by atoms with Crippen LogP contribution in [0.15, 0.2) is 55.2 Å². The molecule has 0 bridgehead atoms. The van der Waals surface area contributed by atoms with Crippen molar-refractivity contribution in [3.05, 3.63) is 77.5 Å². The van der Waals surface area contributed by atoms with Crippen molar-refractivity contribution in [2.45, 2.75) is 13.5 Å². The number of aryl methyl sites for hydroxylation is 1. The number of nitrogens with two attached hydrogens (primary N) is 1. The smallest absolute Gasteiger partial charge is 0.0475 e. The Bertz CT molecular complexity index is 681. The van der Waals surface area contributed by atoms with Gasteiger partial charge in [0, 0.05) is 29.7 Å². The summed E-state index contributed by atoms with van der Waals surface area (Å²) in [6.45, 7) is 7.15. The van der Waals surface area contributed by atoms with Gasteiger partial charge in [-0.25, -0.2) is 0 Å². The fourth-order valence-electron chi connectivity index (χ4n) is 2.44. The first-order chi connectivity index (χ1) is 9.63. The van der Waals surface area contributed by atoms with E-state index in [1.54, 1.807) is 0 Å². The van der Waals surface area contributed by atoms with Gasteiger partial charge in [0.1, 0.15) is 0 Å². The molecule has 0 spiro atoms. The van der Waals surface area contributed by atoms with E-state index in [2.05, 4.69) is 54.9 Å². The molecule has 0 radical (unpaired) electrons. The van der Waals surface area contributed by atoms with Crippen LogP contribution < -0.4 is 5.73 Å². The van der Waals surface area contributed by atoms with Gasteiger partial charge in [0.2, 0.25) is 0 Å². The van der Waals surface area contributed by atoms with Gasteiger partial charge in [-0.15, -0.1) is 0 Å². The van der Waals surface area contributed by atoms with Crippen LogP contribution in [0.1, 0.15) is 22.3 Å². The Hall–Kier alpha value is -2.48. The van der Waals surface area contributed by atoms with E-state index in [-0.39, 0.29) is 0 Å².